The molecule has 6 saturated heterocycles. The van der Waals surface area contributed by atoms with Gasteiger partial charge in [-0.25, -0.2) is 4.79 Å². The van der Waals surface area contributed by atoms with Crippen molar-refractivity contribution >= 4 is 30.2 Å². The largest absolute Gasteiger partial charge is 0.479 e. The molecule has 0 aromatic heterocycles. The first-order chi connectivity index (χ1) is 64.4. The zero-order valence-corrected chi connectivity index (χ0v) is 79.9. The van der Waals surface area contributed by atoms with Crippen LogP contribution in [-0.4, -0.2) is 441 Å². The fourth-order valence-electron chi connectivity index (χ4n) is 23.3. The number of carboxylic acid groups (broad SMARTS) is 1. The molecule has 49 atom stereocenters. The third-order valence-electron chi connectivity index (χ3n) is 32.6. The zero-order valence-electron chi connectivity index (χ0n) is 79.9. The fraction of sp³-hybridized carbons (Fsp3) is 0.923. The van der Waals surface area contributed by atoms with E-state index in [1.165, 1.54) is 20.8 Å². The molecule has 0 spiro atoms. The molecule has 138 heavy (non-hydrogen) atoms. The number of carbonyl (C=O) groups excluding carboxylic acids is 4. The number of hydrogen-bond donors (Lipinski definition) is 26. The summed E-state index contributed by atoms with van der Waals surface area (Å²) in [6.07, 6.45) is -66.7. The van der Waals surface area contributed by atoms with Gasteiger partial charge in [0, 0.05) is 12.8 Å². The van der Waals surface area contributed by atoms with Crippen LogP contribution in [0, 0.1) is 62.1 Å². The summed E-state index contributed by atoms with van der Waals surface area (Å²) in [5.41, 5.74) is -13.0. The average molecular weight is 2000 g/mol. The van der Waals surface area contributed by atoms with Crippen LogP contribution in [0.1, 0.15) is 186 Å². The van der Waals surface area contributed by atoms with Gasteiger partial charge in [0.25, 0.3) is 5.60 Å². The standard InChI is InChI=1S/C91H150O47/c1-14-37(3)48(127-56(103)26-43(99)25-49(38(4)15-2)128-77-64(111)60(107)51(32-94)129-77)24-42(98)27-57(104)131-70-40(6)126-79(72(67(70)114)134-76-66(113)62(109)69(39(5)125-76)132-75-68(115)71(47(101)33-123-75)133-80-73(116)88(121,35-96)36-124-80)135-82(120)89-23-22-83(8,9)28-45(89)44-16-17-53-84(10)20-19-55(85(11,34-95)52(84)18-21-86(53,12)87(44,13)29-54(89)102)136-91(90(122,41(7)97)81(118)119,137-74(117)63(110)58(105)46(100)30-92)138-78-65(112)61(108)59(106)50(31-93)130-78/h16,34,37-43,45-55,58-80,92-94,96-102,105-117,121-122H,14-15,17-33,35-36H2,1-13H3,(H,118,119)/t37-,38-,39?,40?,41+,42-,43-,45?,46?,47?,48-,49-,50?,51-,52?,53?,54+,55-,58-,59+,60?,61?,62?,63?,64?,65?,66?,67?,68?,69-,70+,71-,72?,73?,74?,75+,76-,77+,78-,79-,80-,84-,85-,86+,87+,88?,89+,90?,91?/m0/s1. The van der Waals surface area contributed by atoms with E-state index in [1.54, 1.807) is 20.8 Å². The molecular formula is C91H150O47. The van der Waals surface area contributed by atoms with Crippen molar-refractivity contribution in [1.82, 2.24) is 0 Å². The first-order valence-corrected chi connectivity index (χ1v) is 47.8. The Morgan fingerprint density at radius 1 is 0.580 bits per heavy atom. The maximum Gasteiger partial charge on any atom is 0.347 e. The van der Waals surface area contributed by atoms with E-state index in [1.807, 2.05) is 47.6 Å². The fourth-order valence-corrected chi connectivity index (χ4v) is 23.3. The van der Waals surface area contributed by atoms with Crippen LogP contribution in [0.15, 0.2) is 11.6 Å². The van der Waals surface area contributed by atoms with Gasteiger partial charge in [-0.3, -0.25) is 23.9 Å². The monoisotopic (exact) mass is 1990 g/mol. The summed E-state index contributed by atoms with van der Waals surface area (Å²) in [5, 5.41) is 290. The van der Waals surface area contributed by atoms with Gasteiger partial charge in [-0.2, -0.15) is 0 Å². The van der Waals surface area contributed by atoms with Gasteiger partial charge < -0.3 is 204 Å². The minimum atomic E-state index is -4.13. The summed E-state index contributed by atoms with van der Waals surface area (Å²) in [6.45, 7) is 16.6. The highest BCUT2D eigenvalue weighted by Crippen LogP contribution is 2.76. The molecule has 5 aliphatic carbocycles. The van der Waals surface area contributed by atoms with Crippen molar-refractivity contribution in [1.29, 1.82) is 0 Å². The highest BCUT2D eigenvalue weighted by molar-refractivity contribution is 5.80. The lowest BCUT2D eigenvalue weighted by Crippen LogP contribution is -2.74. The molecular weight excluding hydrogens is 1840 g/mol. The lowest BCUT2D eigenvalue weighted by atomic mass is 9.33. The summed E-state index contributed by atoms with van der Waals surface area (Å²) >= 11 is 0. The highest BCUT2D eigenvalue weighted by atomic mass is 16.9. The first kappa shape index (κ1) is 114. The summed E-state index contributed by atoms with van der Waals surface area (Å²) in [5.74, 6) is -12.8. The van der Waals surface area contributed by atoms with Crippen molar-refractivity contribution in [3.05, 3.63) is 11.6 Å². The topological polar surface area (TPSA) is 759 Å². The third-order valence-corrected chi connectivity index (χ3v) is 32.6. The van der Waals surface area contributed by atoms with Gasteiger partial charge in [-0.15, -0.1) is 0 Å². The molecule has 6 aliphatic heterocycles. The highest BCUT2D eigenvalue weighted by Gasteiger charge is 2.76. The van der Waals surface area contributed by atoms with Crippen LogP contribution in [0.4, 0.5) is 0 Å². The molecule has 23 unspecified atom stereocenters. The van der Waals surface area contributed by atoms with Crippen molar-refractivity contribution < 1.29 is 233 Å². The molecule has 6 heterocycles. The van der Waals surface area contributed by atoms with Gasteiger partial charge in [0.2, 0.25) is 6.29 Å². The number of aliphatic hydroxyl groups excluding tert-OH is 23. The number of carbonyl (C=O) groups is 5. The second kappa shape index (κ2) is 44.8. The van der Waals surface area contributed by atoms with Crippen LogP contribution in [-0.2, 0) is 99.8 Å². The molecule has 11 rings (SSSR count). The molecule has 0 radical (unpaired) electrons. The summed E-state index contributed by atoms with van der Waals surface area (Å²) in [6, 6.07) is 0. The van der Waals surface area contributed by atoms with Gasteiger partial charge >= 0.3 is 29.9 Å². The predicted molar refractivity (Wildman–Crippen MR) is 458 cm³/mol. The van der Waals surface area contributed by atoms with E-state index in [9.17, 15) is 152 Å². The molecule has 47 nitrogen and oxygen atoms in total. The van der Waals surface area contributed by atoms with E-state index in [2.05, 4.69) is 0 Å². The number of carboxylic acids is 1. The summed E-state index contributed by atoms with van der Waals surface area (Å²) < 4.78 is 95.4. The van der Waals surface area contributed by atoms with Gasteiger partial charge in [-0.05, 0) is 130 Å². The molecule has 26 N–H and O–H groups in total. The number of allylic oxidation sites excluding steroid dienone is 2. The van der Waals surface area contributed by atoms with Crippen molar-refractivity contribution in [2.45, 2.75) is 425 Å². The second-order valence-corrected chi connectivity index (χ2v) is 42.0. The Morgan fingerprint density at radius 3 is 1.75 bits per heavy atom. The Hall–Kier alpha value is -4.23. The molecule has 0 aromatic carbocycles. The Kier molecular flexibility index (Phi) is 37.1. The summed E-state index contributed by atoms with van der Waals surface area (Å²) in [7, 11) is 0. The van der Waals surface area contributed by atoms with Gasteiger partial charge in [-0.1, -0.05) is 93.7 Å². The van der Waals surface area contributed by atoms with Crippen molar-refractivity contribution in [3.8, 4) is 0 Å². The number of aliphatic carboxylic acids is 1. The number of ether oxygens (including phenoxy) is 16. The smallest absolute Gasteiger partial charge is 0.347 e. The van der Waals surface area contributed by atoms with Crippen LogP contribution < -0.4 is 0 Å². The van der Waals surface area contributed by atoms with Crippen molar-refractivity contribution in [2.75, 3.05) is 39.6 Å². The Balaban J connectivity index is 0.868. The van der Waals surface area contributed by atoms with Gasteiger partial charge in [0.05, 0.1) is 107 Å². The lowest BCUT2D eigenvalue weighted by molar-refractivity contribution is -0.520. The molecule has 0 amide bonds. The van der Waals surface area contributed by atoms with Gasteiger partial charge in [0.15, 0.2) is 49.9 Å². The lowest BCUT2D eigenvalue weighted by Gasteiger charge is -2.71. The van der Waals surface area contributed by atoms with E-state index in [-0.39, 0.29) is 70.1 Å². The first-order valence-electron chi connectivity index (χ1n) is 47.8. The number of hydrogen-bond acceptors (Lipinski definition) is 46. The van der Waals surface area contributed by atoms with E-state index in [0.717, 1.165) is 5.57 Å². The normalized spacial score (nSPS) is 44.7. The molecule has 0 bridgehead atoms. The molecule has 47 heteroatoms. The molecule has 10 fully saturated rings. The Morgan fingerprint density at radius 2 is 1.15 bits per heavy atom. The SMILES string of the molecule is CC[C@H](C)[C@H](C[C@H](O)CC(=O)O[C@@H]1C(C)O[C@@H](OC(=O)[C@]23CCC(C)(C)CC2C2=CCC4[C@@]5(C)CC[C@H](OC(OC(O)C(O)[C@@H](O)C(O)CO)(O[C@@H]6OC(CO)[C@@H](O)C(O)C6O)C(O)(C(=O)O)[C@@H](C)O)[C@@](C)(C=O)C5CC[C@@]4(C)[C@]2(C)C[C@H]3O)C(O[C@@H]2OC(C)[C@H](O[C@H]3OCC(O)[C@H](O[C@@H]4OCC(O)(CO)C4O)C3O)C(O)C2O)C1O)OC(=O)C[C@@H](O)C[C@H](O[C@@H]1O[C@@H](CO)C(O)C1O)[C@@H](C)CC. The second-order valence-electron chi connectivity index (χ2n) is 42.0. The molecule has 4 saturated carbocycles. The van der Waals surface area contributed by atoms with E-state index in [0.29, 0.717) is 32.5 Å². The van der Waals surface area contributed by atoms with Gasteiger partial charge in [0.1, 0.15) is 133 Å². The number of esters is 3. The maximum absolute atomic E-state index is 16.4. The number of rotatable bonds is 41. The van der Waals surface area contributed by atoms with Crippen LogP contribution in [0.25, 0.3) is 0 Å². The molecule has 0 aromatic rings. The van der Waals surface area contributed by atoms with Crippen molar-refractivity contribution in [2.24, 2.45) is 62.1 Å². The number of fused-ring (bicyclic) bond motifs is 7. The van der Waals surface area contributed by atoms with Crippen LogP contribution in [0.3, 0.4) is 0 Å². The van der Waals surface area contributed by atoms with Crippen molar-refractivity contribution in [3.63, 3.8) is 0 Å². The minimum absolute atomic E-state index is 0.0154. The number of aliphatic hydroxyl groups is 25. The maximum atomic E-state index is 16.4. The molecule has 11 aliphatic rings. The third kappa shape index (κ3) is 21.8. The van der Waals surface area contributed by atoms with Crippen LogP contribution in [0.2, 0.25) is 0 Å². The quantitative estimate of drug-likeness (QED) is 0.00889. The summed E-state index contributed by atoms with van der Waals surface area (Å²) in [4.78, 5) is 72.8. The van der Waals surface area contributed by atoms with Crippen LogP contribution >= 0.6 is 0 Å². The van der Waals surface area contributed by atoms with Crippen LogP contribution in [0.5, 0.6) is 0 Å². The number of aldehydes is 1. The minimum Gasteiger partial charge on any atom is -0.479 e. The van der Waals surface area contributed by atoms with E-state index >= 15 is 4.79 Å². The molecule has 796 valence electrons. The predicted octanol–water partition coefficient (Wildman–Crippen LogP) is -6.79. The van der Waals surface area contributed by atoms with E-state index in [4.69, 9.17) is 75.8 Å². The van der Waals surface area contributed by atoms with E-state index < -0.39 is 371 Å². The Labute approximate surface area is 797 Å². The average Bonchev–Trinajstić information content (AvgIpc) is 0.681. The Bertz CT molecular complexity index is 4060. The zero-order chi connectivity index (χ0) is 103.